The first-order valence-electron chi connectivity index (χ1n) is 9.49. The molecule has 8 nitrogen and oxygen atoms in total. The lowest BCUT2D eigenvalue weighted by Gasteiger charge is -2.35. The number of hydrogen-bond acceptors (Lipinski definition) is 4. The van der Waals surface area contributed by atoms with Gasteiger partial charge in [0.25, 0.3) is 0 Å². The molecule has 3 rings (SSSR count). The highest BCUT2D eigenvalue weighted by molar-refractivity contribution is 5.98. The summed E-state index contributed by atoms with van der Waals surface area (Å²) in [6.45, 7) is 2.44. The number of rotatable bonds is 5. The van der Waals surface area contributed by atoms with Crippen molar-refractivity contribution in [2.75, 3.05) is 57.1 Å². The molecule has 28 heavy (non-hydrogen) atoms. The Morgan fingerprint density at radius 2 is 2.00 bits per heavy atom. The maximum absolute atomic E-state index is 12.6. The number of piperazine rings is 1. The van der Waals surface area contributed by atoms with E-state index < -0.39 is 0 Å². The summed E-state index contributed by atoms with van der Waals surface area (Å²) in [6.07, 6.45) is 4.49. The number of aromatic nitrogens is 2. The normalized spacial score (nSPS) is 15.1. The van der Waals surface area contributed by atoms with E-state index in [1.165, 1.54) is 11.3 Å². The fraction of sp³-hybridized carbons (Fsp3) is 0.450. The van der Waals surface area contributed by atoms with Crippen LogP contribution < -0.4 is 15.1 Å². The molecule has 8 heteroatoms. The molecule has 0 aliphatic carbocycles. The van der Waals surface area contributed by atoms with E-state index >= 15 is 0 Å². The Hall–Kier alpha value is -3.03. The average Bonchev–Trinajstić information content (AvgIpc) is 3.11. The SMILES string of the molecule is CN=C(NCCc1ccc(N(C)C)cc1)N1CCN(c2cnn(C)c2)C(=O)C1. The van der Waals surface area contributed by atoms with Gasteiger partial charge in [0.2, 0.25) is 5.91 Å². The summed E-state index contributed by atoms with van der Waals surface area (Å²) in [7, 11) is 7.68. The number of carbonyl (C=O) groups is 1. The van der Waals surface area contributed by atoms with Crippen molar-refractivity contribution >= 4 is 23.2 Å². The largest absolute Gasteiger partial charge is 0.378 e. The van der Waals surface area contributed by atoms with E-state index in [-0.39, 0.29) is 5.91 Å². The number of carbonyl (C=O) groups excluding carboxylic acids is 1. The number of aliphatic imine (C=N–C) groups is 1. The van der Waals surface area contributed by atoms with Gasteiger partial charge in [0.1, 0.15) is 6.54 Å². The van der Waals surface area contributed by atoms with E-state index in [1.54, 1.807) is 22.8 Å². The predicted molar refractivity (Wildman–Crippen MR) is 113 cm³/mol. The summed E-state index contributed by atoms with van der Waals surface area (Å²) in [5.41, 5.74) is 3.31. The highest BCUT2D eigenvalue weighted by atomic mass is 16.2. The van der Waals surface area contributed by atoms with Gasteiger partial charge in [0.05, 0.1) is 11.9 Å². The number of nitrogens with zero attached hydrogens (tertiary/aromatic N) is 6. The first-order valence-corrected chi connectivity index (χ1v) is 9.49. The van der Waals surface area contributed by atoms with E-state index in [4.69, 9.17) is 0 Å². The Bertz CT molecular complexity index is 825. The van der Waals surface area contributed by atoms with Gasteiger partial charge in [0, 0.05) is 59.7 Å². The lowest BCUT2D eigenvalue weighted by molar-refractivity contribution is -0.120. The van der Waals surface area contributed by atoms with E-state index in [1.807, 2.05) is 32.2 Å². The van der Waals surface area contributed by atoms with Crippen LogP contribution in [0.2, 0.25) is 0 Å². The average molecular weight is 384 g/mol. The third kappa shape index (κ3) is 4.62. The fourth-order valence-electron chi connectivity index (χ4n) is 3.29. The summed E-state index contributed by atoms with van der Waals surface area (Å²) in [5, 5.41) is 7.53. The van der Waals surface area contributed by atoms with Crippen molar-refractivity contribution in [3.8, 4) is 0 Å². The molecule has 1 aromatic heterocycles. The second kappa shape index (κ2) is 8.77. The van der Waals surface area contributed by atoms with E-state index in [2.05, 4.69) is 44.6 Å². The molecule has 0 spiro atoms. The third-order valence-electron chi connectivity index (χ3n) is 4.88. The number of hydrogen-bond donors (Lipinski definition) is 1. The number of benzene rings is 1. The summed E-state index contributed by atoms with van der Waals surface area (Å²) in [4.78, 5) is 22.8. The number of amides is 1. The van der Waals surface area contributed by atoms with Gasteiger partial charge < -0.3 is 20.0 Å². The van der Waals surface area contributed by atoms with Gasteiger partial charge in [-0.25, -0.2) is 0 Å². The molecule has 2 aromatic rings. The molecule has 0 bridgehead atoms. The van der Waals surface area contributed by atoms with Crippen LogP contribution in [0.15, 0.2) is 41.7 Å². The highest BCUT2D eigenvalue weighted by Crippen LogP contribution is 2.16. The summed E-state index contributed by atoms with van der Waals surface area (Å²) < 4.78 is 1.71. The first-order chi connectivity index (χ1) is 13.5. The summed E-state index contributed by atoms with van der Waals surface area (Å²) in [5.74, 6) is 0.825. The molecule has 0 saturated carbocycles. The maximum Gasteiger partial charge on any atom is 0.246 e. The van der Waals surface area contributed by atoms with Gasteiger partial charge in [-0.15, -0.1) is 0 Å². The zero-order valence-corrected chi connectivity index (χ0v) is 17.1. The molecule has 2 heterocycles. The van der Waals surface area contributed by atoms with Crippen LogP contribution in [-0.4, -0.2) is 73.9 Å². The molecule has 0 unspecified atom stereocenters. The van der Waals surface area contributed by atoms with Crippen molar-refractivity contribution in [3.63, 3.8) is 0 Å². The van der Waals surface area contributed by atoms with E-state index in [9.17, 15) is 4.79 Å². The molecule has 150 valence electrons. The quantitative estimate of drug-likeness (QED) is 0.615. The zero-order valence-electron chi connectivity index (χ0n) is 17.1. The molecule has 1 aromatic carbocycles. The Kier molecular flexibility index (Phi) is 6.18. The van der Waals surface area contributed by atoms with Crippen molar-refractivity contribution < 1.29 is 4.79 Å². The van der Waals surface area contributed by atoms with Gasteiger partial charge in [-0.3, -0.25) is 14.5 Å². The minimum Gasteiger partial charge on any atom is -0.378 e. The smallest absolute Gasteiger partial charge is 0.246 e. The number of guanidine groups is 1. The standard InChI is InChI=1S/C20H29N7O/c1-21-20(22-10-9-16-5-7-17(8-6-16)24(2)3)26-11-12-27(19(28)15-26)18-13-23-25(4)14-18/h5-8,13-14H,9-12,15H2,1-4H3,(H,21,22). The van der Waals surface area contributed by atoms with Crippen molar-refractivity contribution in [2.45, 2.75) is 6.42 Å². The van der Waals surface area contributed by atoms with Crippen molar-refractivity contribution in [1.29, 1.82) is 0 Å². The molecular formula is C20H29N7O. The Morgan fingerprint density at radius 1 is 1.25 bits per heavy atom. The fourth-order valence-corrected chi connectivity index (χ4v) is 3.29. The second-order valence-corrected chi connectivity index (χ2v) is 7.12. The van der Waals surface area contributed by atoms with Gasteiger partial charge in [-0.1, -0.05) is 12.1 Å². The van der Waals surface area contributed by atoms with Crippen LogP contribution in [0.5, 0.6) is 0 Å². The Labute approximate surface area is 166 Å². The van der Waals surface area contributed by atoms with E-state index in [0.717, 1.165) is 31.2 Å². The molecule has 1 amide bonds. The molecule has 1 N–H and O–H groups in total. The van der Waals surface area contributed by atoms with E-state index in [0.29, 0.717) is 13.1 Å². The van der Waals surface area contributed by atoms with Gasteiger partial charge in [-0.05, 0) is 24.1 Å². The topological polar surface area (TPSA) is 69.0 Å². The number of nitrogens with one attached hydrogen (secondary N) is 1. The van der Waals surface area contributed by atoms with Crippen LogP contribution in [0.1, 0.15) is 5.56 Å². The summed E-state index contributed by atoms with van der Waals surface area (Å²) >= 11 is 0. The molecule has 0 radical (unpaired) electrons. The Balaban J connectivity index is 1.51. The maximum atomic E-state index is 12.6. The summed E-state index contributed by atoms with van der Waals surface area (Å²) in [6, 6.07) is 8.55. The first kappa shape index (κ1) is 19.7. The highest BCUT2D eigenvalue weighted by Gasteiger charge is 2.27. The third-order valence-corrected chi connectivity index (χ3v) is 4.88. The molecule has 1 fully saturated rings. The minimum atomic E-state index is 0.0569. The molecule has 1 aliphatic heterocycles. The van der Waals surface area contributed by atoms with Crippen LogP contribution in [-0.2, 0) is 18.3 Å². The zero-order chi connectivity index (χ0) is 20.1. The van der Waals surface area contributed by atoms with Crippen LogP contribution in [0.25, 0.3) is 0 Å². The predicted octanol–water partition coefficient (Wildman–Crippen LogP) is 0.953. The van der Waals surface area contributed by atoms with Gasteiger partial charge >= 0.3 is 0 Å². The molecule has 1 aliphatic rings. The van der Waals surface area contributed by atoms with Crippen LogP contribution >= 0.6 is 0 Å². The number of aryl methyl sites for hydroxylation is 1. The van der Waals surface area contributed by atoms with Crippen molar-refractivity contribution in [3.05, 3.63) is 42.2 Å². The lowest BCUT2D eigenvalue weighted by Crippen LogP contribution is -2.55. The second-order valence-electron chi connectivity index (χ2n) is 7.12. The monoisotopic (exact) mass is 383 g/mol. The minimum absolute atomic E-state index is 0.0569. The van der Waals surface area contributed by atoms with Crippen LogP contribution in [0.3, 0.4) is 0 Å². The molecule has 1 saturated heterocycles. The van der Waals surface area contributed by atoms with Crippen molar-refractivity contribution in [2.24, 2.45) is 12.0 Å². The van der Waals surface area contributed by atoms with Crippen LogP contribution in [0.4, 0.5) is 11.4 Å². The Morgan fingerprint density at radius 3 is 2.57 bits per heavy atom. The van der Waals surface area contributed by atoms with Gasteiger partial charge in [0.15, 0.2) is 5.96 Å². The molecule has 0 atom stereocenters. The van der Waals surface area contributed by atoms with Gasteiger partial charge in [-0.2, -0.15) is 5.10 Å². The lowest BCUT2D eigenvalue weighted by atomic mass is 10.1. The number of anilines is 2. The van der Waals surface area contributed by atoms with Crippen LogP contribution in [0, 0.1) is 0 Å². The van der Waals surface area contributed by atoms with Crippen molar-refractivity contribution in [1.82, 2.24) is 20.0 Å². The molecular weight excluding hydrogens is 354 g/mol.